The monoisotopic (exact) mass is 282 g/mol. The topological polar surface area (TPSA) is 66.0 Å². The van der Waals surface area contributed by atoms with Crippen LogP contribution in [-0.2, 0) is 0 Å². The van der Waals surface area contributed by atoms with Gasteiger partial charge in [0.1, 0.15) is 11.3 Å². The smallest absolute Gasteiger partial charge is 0.201 e. The van der Waals surface area contributed by atoms with Crippen LogP contribution in [0.3, 0.4) is 0 Å². The predicted molar refractivity (Wildman–Crippen MR) is 83.4 cm³/mol. The molecule has 2 aromatic heterocycles. The van der Waals surface area contributed by atoms with E-state index in [1.54, 1.807) is 6.20 Å². The van der Waals surface area contributed by atoms with Crippen LogP contribution in [0.15, 0.2) is 42.6 Å². The first-order chi connectivity index (χ1) is 10.2. The molecular weight excluding hydrogens is 264 g/mol. The van der Waals surface area contributed by atoms with Gasteiger partial charge in [-0.25, -0.2) is 4.98 Å². The highest BCUT2D eigenvalue weighted by Crippen LogP contribution is 2.31. The van der Waals surface area contributed by atoms with Gasteiger partial charge in [-0.15, -0.1) is 0 Å². The molecule has 0 saturated heterocycles. The molecule has 21 heavy (non-hydrogen) atoms. The molecule has 1 aromatic carbocycles. The van der Waals surface area contributed by atoms with Gasteiger partial charge in [-0.3, -0.25) is 4.98 Å². The van der Waals surface area contributed by atoms with Crippen molar-refractivity contribution in [3.63, 3.8) is 0 Å². The van der Waals surface area contributed by atoms with E-state index in [9.17, 15) is 0 Å². The average molecular weight is 282 g/mol. The second kappa shape index (κ2) is 5.44. The molecule has 5 heteroatoms. The van der Waals surface area contributed by atoms with Crippen molar-refractivity contribution in [2.45, 2.75) is 19.9 Å². The fraction of sp³-hybridized carbons (Fsp3) is 0.250. The lowest BCUT2D eigenvalue weighted by Crippen LogP contribution is -2.11. The minimum Gasteiger partial charge on any atom is -0.492 e. The lowest BCUT2D eigenvalue weighted by Gasteiger charge is -2.15. The fourth-order valence-corrected chi connectivity index (χ4v) is 2.54. The molecule has 1 unspecified atom stereocenters. The van der Waals surface area contributed by atoms with E-state index in [0.717, 1.165) is 22.5 Å². The third kappa shape index (κ3) is 2.31. The van der Waals surface area contributed by atoms with Crippen molar-refractivity contribution < 1.29 is 4.74 Å². The molecule has 108 valence electrons. The largest absolute Gasteiger partial charge is 0.492 e. The first-order valence-electron chi connectivity index (χ1n) is 7.02. The van der Waals surface area contributed by atoms with E-state index in [4.69, 9.17) is 10.5 Å². The number of anilines is 1. The lowest BCUT2D eigenvalue weighted by molar-refractivity contribution is 0.343. The van der Waals surface area contributed by atoms with E-state index in [0.29, 0.717) is 12.6 Å². The maximum atomic E-state index is 6.13. The number of nitrogen functional groups attached to an aromatic ring is 1. The summed E-state index contributed by atoms with van der Waals surface area (Å²) in [5.74, 6) is 1.23. The number of pyridine rings is 1. The number of para-hydroxylation sites is 1. The average Bonchev–Trinajstić information content (AvgIpc) is 2.85. The van der Waals surface area contributed by atoms with Gasteiger partial charge in [0.25, 0.3) is 0 Å². The summed E-state index contributed by atoms with van der Waals surface area (Å²) in [7, 11) is 0. The van der Waals surface area contributed by atoms with Crippen molar-refractivity contribution in [1.29, 1.82) is 0 Å². The van der Waals surface area contributed by atoms with Crippen LogP contribution in [0.2, 0.25) is 0 Å². The van der Waals surface area contributed by atoms with E-state index in [-0.39, 0.29) is 6.04 Å². The quantitative estimate of drug-likeness (QED) is 0.798. The van der Waals surface area contributed by atoms with Gasteiger partial charge in [-0.05, 0) is 38.1 Å². The highest BCUT2D eigenvalue weighted by molar-refractivity contribution is 5.84. The second-order valence-electron chi connectivity index (χ2n) is 4.83. The lowest BCUT2D eigenvalue weighted by atomic mass is 10.2. The summed E-state index contributed by atoms with van der Waals surface area (Å²) in [4.78, 5) is 8.87. The molecule has 3 rings (SSSR count). The minimum absolute atomic E-state index is 0.00748. The Balaban J connectivity index is 2.15. The molecule has 0 radical (unpaired) electrons. The number of benzene rings is 1. The Hall–Kier alpha value is -2.56. The third-order valence-corrected chi connectivity index (χ3v) is 3.51. The molecular formula is C16H18N4O. The zero-order valence-corrected chi connectivity index (χ0v) is 12.2. The van der Waals surface area contributed by atoms with Crippen LogP contribution >= 0.6 is 0 Å². The van der Waals surface area contributed by atoms with Gasteiger partial charge in [-0.2, -0.15) is 0 Å². The standard InChI is InChI=1S/C16H18N4O/c1-3-21-14-9-6-8-13-15(14)19-16(17)20(13)11(2)12-7-4-5-10-18-12/h4-11H,3H2,1-2H3,(H2,17,19). The molecule has 0 aliphatic heterocycles. The van der Waals surface area contributed by atoms with Crippen LogP contribution in [0.4, 0.5) is 5.95 Å². The van der Waals surface area contributed by atoms with Crippen molar-refractivity contribution in [2.75, 3.05) is 12.3 Å². The van der Waals surface area contributed by atoms with Gasteiger partial charge in [0.15, 0.2) is 0 Å². The van der Waals surface area contributed by atoms with Crippen molar-refractivity contribution in [3.05, 3.63) is 48.3 Å². The molecule has 1 atom stereocenters. The number of imidazole rings is 1. The minimum atomic E-state index is 0.00748. The van der Waals surface area contributed by atoms with Gasteiger partial charge in [0, 0.05) is 6.20 Å². The van der Waals surface area contributed by atoms with Crippen molar-refractivity contribution in [3.8, 4) is 5.75 Å². The Morgan fingerprint density at radius 1 is 1.24 bits per heavy atom. The number of ether oxygens (including phenoxy) is 1. The molecule has 0 spiro atoms. The number of rotatable bonds is 4. The van der Waals surface area contributed by atoms with Crippen molar-refractivity contribution in [1.82, 2.24) is 14.5 Å². The number of hydrogen-bond acceptors (Lipinski definition) is 4. The molecule has 0 fully saturated rings. The zero-order valence-electron chi connectivity index (χ0n) is 12.2. The Kier molecular flexibility index (Phi) is 3.48. The summed E-state index contributed by atoms with van der Waals surface area (Å²) in [6.07, 6.45) is 1.78. The number of nitrogens with zero attached hydrogens (tertiary/aromatic N) is 3. The molecule has 2 N–H and O–H groups in total. The summed E-state index contributed by atoms with van der Waals surface area (Å²) >= 11 is 0. The van der Waals surface area contributed by atoms with E-state index < -0.39 is 0 Å². The normalized spacial score (nSPS) is 12.5. The zero-order chi connectivity index (χ0) is 14.8. The summed E-state index contributed by atoms with van der Waals surface area (Å²) < 4.78 is 7.61. The Labute approximate surface area is 123 Å². The summed E-state index contributed by atoms with van der Waals surface area (Å²) in [5.41, 5.74) is 8.82. The van der Waals surface area contributed by atoms with Gasteiger partial charge in [0.2, 0.25) is 5.95 Å². The highest BCUT2D eigenvalue weighted by atomic mass is 16.5. The Morgan fingerprint density at radius 2 is 2.10 bits per heavy atom. The van der Waals surface area contributed by atoms with Crippen LogP contribution in [0.5, 0.6) is 5.75 Å². The SMILES string of the molecule is CCOc1cccc2c1nc(N)n2C(C)c1ccccn1. The van der Waals surface area contributed by atoms with E-state index in [1.165, 1.54) is 0 Å². The van der Waals surface area contributed by atoms with Gasteiger partial charge < -0.3 is 15.0 Å². The molecule has 5 nitrogen and oxygen atoms in total. The Morgan fingerprint density at radius 3 is 2.81 bits per heavy atom. The first kappa shape index (κ1) is 13.4. The molecule has 0 aliphatic carbocycles. The number of nitrogens with two attached hydrogens (primary N) is 1. The predicted octanol–water partition coefficient (Wildman–Crippen LogP) is 3.02. The van der Waals surface area contributed by atoms with Crippen molar-refractivity contribution >= 4 is 17.0 Å². The molecule has 3 aromatic rings. The number of aromatic nitrogens is 3. The highest BCUT2D eigenvalue weighted by Gasteiger charge is 2.18. The van der Waals surface area contributed by atoms with Crippen molar-refractivity contribution in [2.24, 2.45) is 0 Å². The summed E-state index contributed by atoms with van der Waals surface area (Å²) in [5, 5.41) is 0. The van der Waals surface area contributed by atoms with Crippen LogP contribution in [-0.4, -0.2) is 21.1 Å². The fourth-order valence-electron chi connectivity index (χ4n) is 2.54. The van der Waals surface area contributed by atoms with Gasteiger partial charge in [0.05, 0.1) is 23.9 Å². The Bertz CT molecular complexity index is 752. The molecule has 2 heterocycles. The maximum absolute atomic E-state index is 6.13. The number of hydrogen-bond donors (Lipinski definition) is 1. The summed E-state index contributed by atoms with van der Waals surface area (Å²) in [6.45, 7) is 4.62. The first-order valence-corrected chi connectivity index (χ1v) is 7.02. The van der Waals surface area contributed by atoms with Gasteiger partial charge >= 0.3 is 0 Å². The maximum Gasteiger partial charge on any atom is 0.201 e. The second-order valence-corrected chi connectivity index (χ2v) is 4.83. The number of fused-ring (bicyclic) bond motifs is 1. The molecule has 0 saturated carbocycles. The van der Waals surface area contributed by atoms with Crippen LogP contribution in [0.1, 0.15) is 25.6 Å². The van der Waals surface area contributed by atoms with Gasteiger partial charge in [-0.1, -0.05) is 12.1 Å². The van der Waals surface area contributed by atoms with Crippen LogP contribution < -0.4 is 10.5 Å². The van der Waals surface area contributed by atoms with E-state index >= 15 is 0 Å². The molecule has 0 amide bonds. The summed E-state index contributed by atoms with van der Waals surface area (Å²) in [6, 6.07) is 11.7. The van der Waals surface area contributed by atoms with E-state index in [2.05, 4.69) is 16.9 Å². The molecule has 0 aliphatic rings. The van der Waals surface area contributed by atoms with Crippen LogP contribution in [0.25, 0.3) is 11.0 Å². The van der Waals surface area contributed by atoms with E-state index in [1.807, 2.05) is 47.9 Å². The van der Waals surface area contributed by atoms with Crippen LogP contribution in [0, 0.1) is 0 Å². The molecule has 0 bridgehead atoms. The third-order valence-electron chi connectivity index (χ3n) is 3.51.